The predicted octanol–water partition coefficient (Wildman–Crippen LogP) is 2.90. The van der Waals surface area contributed by atoms with E-state index in [4.69, 9.17) is 16.3 Å². The van der Waals surface area contributed by atoms with Gasteiger partial charge in [-0.1, -0.05) is 18.5 Å². The maximum Gasteiger partial charge on any atom is 0.260 e. The minimum absolute atomic E-state index is 0.0329. The fourth-order valence-electron chi connectivity index (χ4n) is 1.82. The van der Waals surface area contributed by atoms with E-state index in [-0.39, 0.29) is 12.5 Å². The first kappa shape index (κ1) is 13.2. The number of amides is 1. The number of ether oxygens (including phenoxy) is 1. The summed E-state index contributed by atoms with van der Waals surface area (Å²) in [5, 5.41) is 0.742. The zero-order valence-electron chi connectivity index (χ0n) is 10.8. The Bertz CT molecular complexity index is 443. The van der Waals surface area contributed by atoms with E-state index in [1.807, 2.05) is 26.1 Å². The van der Waals surface area contributed by atoms with Gasteiger partial charge in [0.2, 0.25) is 0 Å². The van der Waals surface area contributed by atoms with Crippen molar-refractivity contribution in [3.05, 3.63) is 28.8 Å². The smallest absolute Gasteiger partial charge is 0.260 e. The Morgan fingerprint density at radius 1 is 1.50 bits per heavy atom. The van der Waals surface area contributed by atoms with E-state index in [9.17, 15) is 4.79 Å². The summed E-state index contributed by atoms with van der Waals surface area (Å²) in [4.78, 5) is 13.6. The molecule has 0 unspecified atom stereocenters. The summed E-state index contributed by atoms with van der Waals surface area (Å²) in [6.07, 6.45) is 3.08. The molecule has 2 rings (SSSR count). The molecular weight excluding hydrogens is 250 g/mol. The van der Waals surface area contributed by atoms with Crippen LogP contribution in [0, 0.1) is 0 Å². The van der Waals surface area contributed by atoms with Crippen LogP contribution in [0.3, 0.4) is 0 Å². The Hall–Kier alpha value is -1.22. The topological polar surface area (TPSA) is 29.5 Å². The monoisotopic (exact) mass is 267 g/mol. The molecule has 0 radical (unpaired) electrons. The number of benzene rings is 1. The third-order valence-corrected chi connectivity index (χ3v) is 3.62. The van der Waals surface area contributed by atoms with Gasteiger partial charge in [0.05, 0.1) is 0 Å². The van der Waals surface area contributed by atoms with Crippen LogP contribution >= 0.6 is 11.6 Å². The largest absolute Gasteiger partial charge is 0.484 e. The summed E-state index contributed by atoms with van der Waals surface area (Å²) >= 11 is 6.03. The van der Waals surface area contributed by atoms with Gasteiger partial charge in [0.15, 0.2) is 6.61 Å². The van der Waals surface area contributed by atoms with Crippen molar-refractivity contribution in [3.8, 4) is 5.75 Å². The molecular formula is C14H18ClNO2. The van der Waals surface area contributed by atoms with Gasteiger partial charge in [-0.15, -0.1) is 0 Å². The molecule has 1 saturated carbocycles. The fraction of sp³-hybridized carbons (Fsp3) is 0.500. The first-order valence-electron chi connectivity index (χ1n) is 6.28. The van der Waals surface area contributed by atoms with Crippen LogP contribution in [-0.2, 0) is 11.2 Å². The lowest BCUT2D eigenvalue weighted by Gasteiger charge is -2.16. The van der Waals surface area contributed by atoms with Gasteiger partial charge < -0.3 is 9.64 Å². The van der Waals surface area contributed by atoms with Gasteiger partial charge in [0, 0.05) is 18.1 Å². The van der Waals surface area contributed by atoms with Crippen LogP contribution in [0.5, 0.6) is 5.75 Å². The molecule has 1 amide bonds. The van der Waals surface area contributed by atoms with Crippen molar-refractivity contribution >= 4 is 17.5 Å². The van der Waals surface area contributed by atoms with E-state index >= 15 is 0 Å². The van der Waals surface area contributed by atoms with E-state index < -0.39 is 0 Å². The molecule has 18 heavy (non-hydrogen) atoms. The van der Waals surface area contributed by atoms with Gasteiger partial charge in [-0.2, -0.15) is 0 Å². The Balaban J connectivity index is 1.91. The predicted molar refractivity (Wildman–Crippen MR) is 72.1 cm³/mol. The lowest BCUT2D eigenvalue weighted by Crippen LogP contribution is -2.33. The summed E-state index contributed by atoms with van der Waals surface area (Å²) in [6.45, 7) is 2.13. The van der Waals surface area contributed by atoms with Crippen LogP contribution in [0.2, 0.25) is 5.02 Å². The second kappa shape index (κ2) is 5.61. The summed E-state index contributed by atoms with van der Waals surface area (Å²) in [5.41, 5.74) is 1.04. The highest BCUT2D eigenvalue weighted by Gasteiger charge is 2.29. The van der Waals surface area contributed by atoms with Crippen molar-refractivity contribution in [1.29, 1.82) is 0 Å². The highest BCUT2D eigenvalue weighted by molar-refractivity contribution is 6.31. The van der Waals surface area contributed by atoms with Crippen molar-refractivity contribution in [2.24, 2.45) is 0 Å². The van der Waals surface area contributed by atoms with Crippen molar-refractivity contribution in [1.82, 2.24) is 4.90 Å². The van der Waals surface area contributed by atoms with Gasteiger partial charge in [-0.3, -0.25) is 4.79 Å². The average molecular weight is 268 g/mol. The maximum absolute atomic E-state index is 11.8. The summed E-state index contributed by atoms with van der Waals surface area (Å²) in [6, 6.07) is 5.93. The Morgan fingerprint density at radius 2 is 2.22 bits per heavy atom. The van der Waals surface area contributed by atoms with Crippen molar-refractivity contribution in [2.75, 3.05) is 13.7 Å². The van der Waals surface area contributed by atoms with E-state index in [1.165, 1.54) is 0 Å². The molecule has 0 saturated heterocycles. The maximum atomic E-state index is 11.8. The lowest BCUT2D eigenvalue weighted by molar-refractivity contribution is -0.132. The van der Waals surface area contributed by atoms with Crippen LogP contribution in [0.4, 0.5) is 0 Å². The molecule has 1 aromatic carbocycles. The van der Waals surface area contributed by atoms with E-state index in [0.717, 1.165) is 29.8 Å². The molecule has 98 valence electrons. The quantitative estimate of drug-likeness (QED) is 0.821. The molecule has 0 N–H and O–H groups in total. The Morgan fingerprint density at radius 3 is 2.83 bits per heavy atom. The van der Waals surface area contributed by atoms with Crippen molar-refractivity contribution in [2.45, 2.75) is 32.2 Å². The molecule has 3 nitrogen and oxygen atoms in total. The summed E-state index contributed by atoms with van der Waals surface area (Å²) in [7, 11) is 1.84. The lowest BCUT2D eigenvalue weighted by atomic mass is 10.1. The van der Waals surface area contributed by atoms with Gasteiger partial charge in [0.1, 0.15) is 5.75 Å². The molecule has 0 spiro atoms. The molecule has 0 bridgehead atoms. The number of likely N-dealkylation sites (N-methyl/N-ethyl adjacent to an activating group) is 1. The van der Waals surface area contributed by atoms with Gasteiger partial charge in [-0.05, 0) is 43.0 Å². The second-order valence-electron chi connectivity index (χ2n) is 4.63. The molecule has 1 fully saturated rings. The standard InChI is InChI=1S/C14H18ClNO2/c1-3-10-8-12(6-7-13(10)15)18-9-14(17)16(2)11-4-5-11/h6-8,11H,3-5,9H2,1-2H3. The number of halogens is 1. The highest BCUT2D eigenvalue weighted by Crippen LogP contribution is 2.26. The first-order chi connectivity index (χ1) is 8.61. The highest BCUT2D eigenvalue weighted by atomic mass is 35.5. The number of hydrogen-bond acceptors (Lipinski definition) is 2. The van der Waals surface area contributed by atoms with Crippen LogP contribution in [0.15, 0.2) is 18.2 Å². The third kappa shape index (κ3) is 3.16. The van der Waals surface area contributed by atoms with Gasteiger partial charge in [0.25, 0.3) is 5.91 Å². The first-order valence-corrected chi connectivity index (χ1v) is 6.66. The molecule has 0 atom stereocenters. The average Bonchev–Trinajstić information content (AvgIpc) is 3.20. The molecule has 4 heteroatoms. The Kier molecular flexibility index (Phi) is 4.12. The molecule has 0 heterocycles. The summed E-state index contributed by atoms with van der Waals surface area (Å²) in [5.74, 6) is 0.735. The second-order valence-corrected chi connectivity index (χ2v) is 5.04. The minimum Gasteiger partial charge on any atom is -0.484 e. The van der Waals surface area contributed by atoms with Gasteiger partial charge in [-0.25, -0.2) is 0 Å². The van der Waals surface area contributed by atoms with E-state index in [1.54, 1.807) is 11.0 Å². The molecule has 1 aliphatic carbocycles. The van der Waals surface area contributed by atoms with Crippen LogP contribution < -0.4 is 4.74 Å². The number of rotatable bonds is 5. The molecule has 1 aromatic rings. The molecule has 0 aliphatic heterocycles. The number of hydrogen-bond donors (Lipinski definition) is 0. The molecule has 1 aliphatic rings. The number of aryl methyl sites for hydroxylation is 1. The minimum atomic E-state index is 0.0329. The van der Waals surface area contributed by atoms with E-state index in [0.29, 0.717) is 11.8 Å². The zero-order valence-corrected chi connectivity index (χ0v) is 11.5. The third-order valence-electron chi connectivity index (χ3n) is 3.25. The summed E-state index contributed by atoms with van der Waals surface area (Å²) < 4.78 is 5.51. The van der Waals surface area contributed by atoms with Crippen LogP contribution in [0.25, 0.3) is 0 Å². The van der Waals surface area contributed by atoms with Crippen LogP contribution in [0.1, 0.15) is 25.3 Å². The van der Waals surface area contributed by atoms with Crippen LogP contribution in [-0.4, -0.2) is 30.5 Å². The number of carbonyl (C=O) groups is 1. The number of carbonyl (C=O) groups excluding carboxylic acids is 1. The normalized spacial score (nSPS) is 14.4. The Labute approximate surface area is 113 Å². The van der Waals surface area contributed by atoms with Crippen molar-refractivity contribution in [3.63, 3.8) is 0 Å². The van der Waals surface area contributed by atoms with Crippen molar-refractivity contribution < 1.29 is 9.53 Å². The number of nitrogens with zero attached hydrogens (tertiary/aromatic N) is 1. The van der Waals surface area contributed by atoms with Gasteiger partial charge >= 0.3 is 0 Å². The zero-order chi connectivity index (χ0) is 13.1. The SMILES string of the molecule is CCc1cc(OCC(=O)N(C)C2CC2)ccc1Cl. The molecule has 0 aromatic heterocycles. The fourth-order valence-corrected chi connectivity index (χ4v) is 2.08. The van der Waals surface area contributed by atoms with E-state index in [2.05, 4.69) is 0 Å².